The molecule has 0 fully saturated rings. The summed E-state index contributed by atoms with van der Waals surface area (Å²) in [5.41, 5.74) is -0.610. The van der Waals surface area contributed by atoms with Gasteiger partial charge in [0.1, 0.15) is 6.61 Å². The second-order valence-corrected chi connectivity index (χ2v) is 3.50. The number of nitro benzene ring substituents is 1. The van der Waals surface area contributed by atoms with Crippen LogP contribution in [0.25, 0.3) is 0 Å². The number of hydrogen-bond donors (Lipinski definition) is 0. The quantitative estimate of drug-likeness (QED) is 0.568. The Kier molecular flexibility index (Phi) is 4.19. The number of likely N-dealkylation sites (N-methyl/N-ethyl adjacent to an activating group) is 1. The van der Waals surface area contributed by atoms with Crippen LogP contribution >= 0.6 is 0 Å². The Morgan fingerprint density at radius 2 is 2.19 bits per heavy atom. The van der Waals surface area contributed by atoms with E-state index in [1.165, 1.54) is 12.1 Å². The van der Waals surface area contributed by atoms with Crippen LogP contribution in [0.5, 0.6) is 5.75 Å². The zero-order valence-corrected chi connectivity index (χ0v) is 9.14. The maximum absolute atomic E-state index is 13.2. The van der Waals surface area contributed by atoms with E-state index in [4.69, 9.17) is 4.74 Å². The van der Waals surface area contributed by atoms with Crippen LogP contribution in [-0.4, -0.2) is 37.1 Å². The second kappa shape index (κ2) is 5.41. The fraction of sp³-hybridized carbons (Fsp3) is 0.400. The standard InChI is InChI=1S/C10H13FN2O3/c1-12(2)6-7-16-9-5-3-4-8(11)10(9)13(14)15/h3-5H,6-7H2,1-2H3. The fourth-order valence-electron chi connectivity index (χ4n) is 1.13. The van der Waals surface area contributed by atoms with Gasteiger partial charge in [-0.2, -0.15) is 4.39 Å². The summed E-state index contributed by atoms with van der Waals surface area (Å²) in [6.45, 7) is 0.880. The first kappa shape index (κ1) is 12.4. The zero-order chi connectivity index (χ0) is 12.1. The van der Waals surface area contributed by atoms with Crippen molar-refractivity contribution in [3.05, 3.63) is 34.1 Å². The molecule has 6 heteroatoms. The van der Waals surface area contributed by atoms with Gasteiger partial charge in [0.15, 0.2) is 5.75 Å². The van der Waals surface area contributed by atoms with Gasteiger partial charge in [0.2, 0.25) is 5.82 Å². The maximum atomic E-state index is 13.2. The summed E-state index contributed by atoms with van der Waals surface area (Å²) < 4.78 is 18.3. The molecule has 5 nitrogen and oxygen atoms in total. The highest BCUT2D eigenvalue weighted by atomic mass is 19.1. The molecule has 0 radical (unpaired) electrons. The average molecular weight is 228 g/mol. The van der Waals surface area contributed by atoms with Crippen LogP contribution in [0.4, 0.5) is 10.1 Å². The predicted octanol–water partition coefficient (Wildman–Crippen LogP) is 1.67. The maximum Gasteiger partial charge on any atom is 0.346 e. The van der Waals surface area contributed by atoms with E-state index in [2.05, 4.69) is 0 Å². The third-order valence-corrected chi connectivity index (χ3v) is 1.93. The largest absolute Gasteiger partial charge is 0.485 e. The summed E-state index contributed by atoms with van der Waals surface area (Å²) in [5, 5.41) is 10.6. The summed E-state index contributed by atoms with van der Waals surface area (Å²) in [6, 6.07) is 3.81. The van der Waals surface area contributed by atoms with Gasteiger partial charge in [-0.05, 0) is 26.2 Å². The minimum absolute atomic E-state index is 0.0353. The number of nitro groups is 1. The number of rotatable bonds is 5. The molecule has 0 aliphatic rings. The fourth-order valence-corrected chi connectivity index (χ4v) is 1.13. The van der Waals surface area contributed by atoms with Crippen LogP contribution < -0.4 is 4.74 Å². The molecule has 0 N–H and O–H groups in total. The molecule has 0 saturated heterocycles. The van der Waals surface area contributed by atoms with Crippen LogP contribution in [0.1, 0.15) is 0 Å². The number of ether oxygens (including phenoxy) is 1. The van der Waals surface area contributed by atoms with Crippen molar-refractivity contribution in [1.29, 1.82) is 0 Å². The molecule has 0 heterocycles. The van der Waals surface area contributed by atoms with E-state index in [0.717, 1.165) is 6.07 Å². The number of benzene rings is 1. The number of halogens is 1. The van der Waals surface area contributed by atoms with Crippen LogP contribution in [0.2, 0.25) is 0 Å². The Hall–Kier alpha value is -1.69. The highest BCUT2D eigenvalue weighted by Crippen LogP contribution is 2.29. The van der Waals surface area contributed by atoms with Gasteiger partial charge in [0.05, 0.1) is 4.92 Å². The van der Waals surface area contributed by atoms with Crippen molar-refractivity contribution < 1.29 is 14.1 Å². The molecule has 0 bridgehead atoms. The number of para-hydroxylation sites is 1. The monoisotopic (exact) mass is 228 g/mol. The van der Waals surface area contributed by atoms with Crippen molar-refractivity contribution >= 4 is 5.69 Å². The minimum atomic E-state index is -0.882. The van der Waals surface area contributed by atoms with Gasteiger partial charge in [-0.15, -0.1) is 0 Å². The lowest BCUT2D eigenvalue weighted by Crippen LogP contribution is -2.19. The molecule has 88 valence electrons. The van der Waals surface area contributed by atoms with Gasteiger partial charge >= 0.3 is 5.69 Å². The van der Waals surface area contributed by atoms with E-state index in [1.54, 1.807) is 0 Å². The van der Waals surface area contributed by atoms with Crippen molar-refractivity contribution in [2.24, 2.45) is 0 Å². The highest BCUT2D eigenvalue weighted by molar-refractivity contribution is 5.47. The van der Waals surface area contributed by atoms with E-state index in [9.17, 15) is 14.5 Å². The highest BCUT2D eigenvalue weighted by Gasteiger charge is 2.20. The molecular weight excluding hydrogens is 215 g/mol. The lowest BCUT2D eigenvalue weighted by molar-refractivity contribution is -0.388. The lowest BCUT2D eigenvalue weighted by Gasteiger charge is -2.11. The van der Waals surface area contributed by atoms with Crippen LogP contribution in [0, 0.1) is 15.9 Å². The predicted molar refractivity (Wildman–Crippen MR) is 57.1 cm³/mol. The molecule has 0 atom stereocenters. The Labute approximate surface area is 92.6 Å². The summed E-state index contributed by atoms with van der Waals surface area (Å²) in [5.74, 6) is -0.917. The molecule has 0 aliphatic heterocycles. The summed E-state index contributed by atoms with van der Waals surface area (Å²) in [7, 11) is 3.70. The summed E-state index contributed by atoms with van der Waals surface area (Å²) in [6.07, 6.45) is 0. The van der Waals surface area contributed by atoms with Crippen molar-refractivity contribution in [3.63, 3.8) is 0 Å². The average Bonchev–Trinajstić information content (AvgIpc) is 2.16. The molecule has 0 aromatic heterocycles. The second-order valence-electron chi connectivity index (χ2n) is 3.50. The summed E-state index contributed by atoms with van der Waals surface area (Å²) >= 11 is 0. The minimum Gasteiger partial charge on any atom is -0.485 e. The smallest absolute Gasteiger partial charge is 0.346 e. The first-order valence-electron chi connectivity index (χ1n) is 4.73. The molecular formula is C10H13FN2O3. The Bertz CT molecular complexity index is 382. The number of hydrogen-bond acceptors (Lipinski definition) is 4. The lowest BCUT2D eigenvalue weighted by atomic mass is 10.3. The molecule has 0 unspecified atom stereocenters. The molecule has 0 aliphatic carbocycles. The van der Waals surface area contributed by atoms with Gasteiger partial charge < -0.3 is 9.64 Å². The Balaban J connectivity index is 2.79. The molecule has 16 heavy (non-hydrogen) atoms. The van der Waals surface area contributed by atoms with E-state index in [0.29, 0.717) is 6.54 Å². The van der Waals surface area contributed by atoms with Gasteiger partial charge in [0.25, 0.3) is 0 Å². The van der Waals surface area contributed by atoms with Gasteiger partial charge in [-0.3, -0.25) is 10.1 Å². The third-order valence-electron chi connectivity index (χ3n) is 1.93. The van der Waals surface area contributed by atoms with Gasteiger partial charge in [-0.25, -0.2) is 0 Å². The van der Waals surface area contributed by atoms with E-state index in [1.807, 2.05) is 19.0 Å². The van der Waals surface area contributed by atoms with Crippen molar-refractivity contribution in [1.82, 2.24) is 4.90 Å². The molecule has 1 aromatic carbocycles. The van der Waals surface area contributed by atoms with E-state index in [-0.39, 0.29) is 12.4 Å². The van der Waals surface area contributed by atoms with Crippen molar-refractivity contribution in [3.8, 4) is 5.75 Å². The van der Waals surface area contributed by atoms with Crippen molar-refractivity contribution in [2.75, 3.05) is 27.2 Å². The normalized spacial score (nSPS) is 10.5. The SMILES string of the molecule is CN(C)CCOc1cccc(F)c1[N+](=O)[O-]. The summed E-state index contributed by atoms with van der Waals surface area (Å²) in [4.78, 5) is 11.7. The van der Waals surface area contributed by atoms with Crippen LogP contribution in [-0.2, 0) is 0 Å². The first-order chi connectivity index (χ1) is 7.52. The van der Waals surface area contributed by atoms with Crippen molar-refractivity contribution in [2.45, 2.75) is 0 Å². The van der Waals surface area contributed by atoms with E-state index < -0.39 is 16.4 Å². The van der Waals surface area contributed by atoms with Gasteiger partial charge in [0, 0.05) is 6.54 Å². The number of nitrogens with zero attached hydrogens (tertiary/aromatic N) is 2. The Morgan fingerprint density at radius 1 is 1.50 bits per heavy atom. The Morgan fingerprint density at radius 3 is 2.75 bits per heavy atom. The molecule has 0 amide bonds. The topological polar surface area (TPSA) is 55.6 Å². The zero-order valence-electron chi connectivity index (χ0n) is 9.14. The van der Waals surface area contributed by atoms with E-state index >= 15 is 0 Å². The third kappa shape index (κ3) is 3.16. The molecule has 0 saturated carbocycles. The first-order valence-corrected chi connectivity index (χ1v) is 4.73. The molecule has 1 rings (SSSR count). The van der Waals surface area contributed by atoms with Crippen LogP contribution in [0.3, 0.4) is 0 Å². The van der Waals surface area contributed by atoms with Gasteiger partial charge in [-0.1, -0.05) is 6.07 Å². The molecule has 1 aromatic rings. The van der Waals surface area contributed by atoms with Crippen LogP contribution in [0.15, 0.2) is 18.2 Å². The molecule has 0 spiro atoms.